The van der Waals surface area contributed by atoms with Gasteiger partial charge >= 0.3 is 0 Å². The standard InChI is InChI=1S/C19H20ClN3O3S3/c1-11-8-14-15(9-12(11)2)27-19(21-14)22-18(24)13-4-3-7-23(10-13)29(25,26)17-6-5-16(20)28-17/h5-6,8-9,13H,3-4,7,10H2,1-2H3,(H,21,22,24). The van der Waals surface area contributed by atoms with Crippen LogP contribution in [0.15, 0.2) is 28.5 Å². The van der Waals surface area contributed by atoms with Crippen molar-refractivity contribution in [2.24, 2.45) is 5.92 Å². The molecule has 0 radical (unpaired) electrons. The highest BCUT2D eigenvalue weighted by Gasteiger charge is 2.34. The van der Waals surface area contributed by atoms with E-state index in [0.717, 1.165) is 27.1 Å². The van der Waals surface area contributed by atoms with Gasteiger partial charge in [0.25, 0.3) is 10.0 Å². The number of fused-ring (bicyclic) bond motifs is 1. The van der Waals surface area contributed by atoms with Crippen molar-refractivity contribution in [2.45, 2.75) is 30.9 Å². The van der Waals surface area contributed by atoms with Gasteiger partial charge in [-0.1, -0.05) is 22.9 Å². The normalized spacial score (nSPS) is 18.2. The minimum atomic E-state index is -3.64. The molecule has 154 valence electrons. The molecule has 1 saturated heterocycles. The summed E-state index contributed by atoms with van der Waals surface area (Å²) in [6, 6.07) is 7.16. The second-order valence-electron chi connectivity index (χ2n) is 7.17. The van der Waals surface area contributed by atoms with Gasteiger partial charge in [-0.15, -0.1) is 11.3 Å². The molecule has 4 rings (SSSR count). The number of thiazole rings is 1. The van der Waals surface area contributed by atoms with E-state index in [2.05, 4.69) is 16.4 Å². The van der Waals surface area contributed by atoms with Gasteiger partial charge in [0.15, 0.2) is 5.13 Å². The number of nitrogens with zero attached hydrogens (tertiary/aromatic N) is 2. The SMILES string of the molecule is Cc1cc2nc(NC(=O)C3CCCN(S(=O)(=O)c4ccc(Cl)s4)C3)sc2cc1C. The number of amides is 1. The maximum atomic E-state index is 12.8. The zero-order valence-electron chi connectivity index (χ0n) is 15.9. The lowest BCUT2D eigenvalue weighted by Gasteiger charge is -2.30. The van der Waals surface area contributed by atoms with Gasteiger partial charge in [-0.3, -0.25) is 4.79 Å². The Morgan fingerprint density at radius 2 is 2.00 bits per heavy atom. The monoisotopic (exact) mass is 469 g/mol. The number of sulfonamides is 1. The Balaban J connectivity index is 1.49. The molecule has 1 atom stereocenters. The lowest BCUT2D eigenvalue weighted by molar-refractivity contribution is -0.120. The molecule has 1 amide bonds. The Hall–Kier alpha value is -1.52. The first-order chi connectivity index (χ1) is 13.7. The van der Waals surface area contributed by atoms with Gasteiger partial charge in [0.2, 0.25) is 5.91 Å². The summed E-state index contributed by atoms with van der Waals surface area (Å²) in [5.41, 5.74) is 3.19. The highest BCUT2D eigenvalue weighted by atomic mass is 35.5. The van der Waals surface area contributed by atoms with Gasteiger partial charge in [0.05, 0.1) is 20.5 Å². The van der Waals surface area contributed by atoms with E-state index in [1.54, 1.807) is 6.07 Å². The van der Waals surface area contributed by atoms with Gasteiger partial charge in [-0.2, -0.15) is 4.31 Å². The molecule has 3 aromatic rings. The van der Waals surface area contributed by atoms with Crippen LogP contribution in [0.4, 0.5) is 5.13 Å². The van der Waals surface area contributed by atoms with Crippen molar-refractivity contribution in [2.75, 3.05) is 18.4 Å². The van der Waals surface area contributed by atoms with Crippen molar-refractivity contribution >= 4 is 65.6 Å². The summed E-state index contributed by atoms with van der Waals surface area (Å²) in [6.45, 7) is 4.64. The van der Waals surface area contributed by atoms with Crippen molar-refractivity contribution in [1.29, 1.82) is 0 Å². The second-order valence-corrected chi connectivity index (χ2v) is 12.1. The van der Waals surface area contributed by atoms with Gasteiger partial charge in [-0.25, -0.2) is 13.4 Å². The lowest BCUT2D eigenvalue weighted by Crippen LogP contribution is -2.43. The molecule has 1 fully saturated rings. The van der Waals surface area contributed by atoms with E-state index < -0.39 is 15.9 Å². The Morgan fingerprint density at radius 3 is 2.72 bits per heavy atom. The predicted octanol–water partition coefficient (Wildman–Crippen LogP) is 4.67. The zero-order chi connectivity index (χ0) is 20.8. The number of aryl methyl sites for hydroxylation is 2. The van der Waals surface area contributed by atoms with Crippen molar-refractivity contribution in [3.63, 3.8) is 0 Å². The molecule has 6 nitrogen and oxygen atoms in total. The Morgan fingerprint density at radius 1 is 1.24 bits per heavy atom. The average molecular weight is 470 g/mol. The highest BCUT2D eigenvalue weighted by Crippen LogP contribution is 2.32. The molecule has 1 aliphatic heterocycles. The van der Waals surface area contributed by atoms with E-state index >= 15 is 0 Å². The topological polar surface area (TPSA) is 79.4 Å². The molecule has 1 unspecified atom stereocenters. The summed E-state index contributed by atoms with van der Waals surface area (Å²) in [4.78, 5) is 17.3. The van der Waals surface area contributed by atoms with E-state index in [9.17, 15) is 13.2 Å². The number of halogens is 1. The molecule has 1 aliphatic rings. The van der Waals surface area contributed by atoms with Gasteiger partial charge < -0.3 is 5.32 Å². The van der Waals surface area contributed by atoms with Crippen LogP contribution < -0.4 is 5.32 Å². The van der Waals surface area contributed by atoms with E-state index in [-0.39, 0.29) is 16.7 Å². The number of anilines is 1. The van der Waals surface area contributed by atoms with Crippen LogP contribution in [-0.4, -0.2) is 36.7 Å². The Labute approximate surface area is 182 Å². The first-order valence-electron chi connectivity index (χ1n) is 9.18. The quantitative estimate of drug-likeness (QED) is 0.602. The number of rotatable bonds is 4. The van der Waals surface area contributed by atoms with E-state index in [4.69, 9.17) is 11.6 Å². The molecule has 1 aromatic carbocycles. The summed E-state index contributed by atoms with van der Waals surface area (Å²) in [7, 11) is -3.64. The van der Waals surface area contributed by atoms with Gasteiger partial charge in [-0.05, 0) is 62.1 Å². The van der Waals surface area contributed by atoms with Crippen molar-refractivity contribution in [3.05, 3.63) is 39.7 Å². The number of thiophene rings is 1. The van der Waals surface area contributed by atoms with Crippen LogP contribution in [0.25, 0.3) is 10.2 Å². The fourth-order valence-electron chi connectivity index (χ4n) is 3.38. The number of benzene rings is 1. The summed E-state index contributed by atoms with van der Waals surface area (Å²) < 4.78 is 28.7. The summed E-state index contributed by atoms with van der Waals surface area (Å²) >= 11 is 8.36. The molecule has 10 heteroatoms. The van der Waals surface area contributed by atoms with Crippen molar-refractivity contribution < 1.29 is 13.2 Å². The number of nitrogens with one attached hydrogen (secondary N) is 1. The lowest BCUT2D eigenvalue weighted by atomic mass is 9.99. The summed E-state index contributed by atoms with van der Waals surface area (Å²) in [5, 5.41) is 3.43. The maximum absolute atomic E-state index is 12.8. The number of piperidine rings is 1. The number of hydrogen-bond donors (Lipinski definition) is 1. The fraction of sp³-hybridized carbons (Fsp3) is 0.368. The van der Waals surface area contributed by atoms with Crippen LogP contribution in [0, 0.1) is 19.8 Å². The highest BCUT2D eigenvalue weighted by molar-refractivity contribution is 7.91. The third-order valence-corrected chi connectivity index (χ3v) is 9.63. The number of carbonyl (C=O) groups is 1. The molecule has 0 spiro atoms. The van der Waals surface area contributed by atoms with Crippen LogP contribution in [-0.2, 0) is 14.8 Å². The van der Waals surface area contributed by atoms with Crippen LogP contribution in [0.2, 0.25) is 4.34 Å². The van der Waals surface area contributed by atoms with Crippen molar-refractivity contribution in [1.82, 2.24) is 9.29 Å². The molecular formula is C19H20ClN3O3S3. The molecule has 0 aliphatic carbocycles. The zero-order valence-corrected chi connectivity index (χ0v) is 19.1. The van der Waals surface area contributed by atoms with E-state index in [1.807, 2.05) is 19.9 Å². The minimum absolute atomic E-state index is 0.160. The molecule has 1 N–H and O–H groups in total. The molecule has 0 saturated carbocycles. The number of carbonyl (C=O) groups excluding carboxylic acids is 1. The molecule has 2 aromatic heterocycles. The predicted molar refractivity (Wildman–Crippen MR) is 119 cm³/mol. The van der Waals surface area contributed by atoms with Crippen molar-refractivity contribution in [3.8, 4) is 0 Å². The van der Waals surface area contributed by atoms with Crippen LogP contribution >= 0.6 is 34.3 Å². The third kappa shape index (κ3) is 4.20. The Bertz CT molecular complexity index is 1150. The van der Waals surface area contributed by atoms with Gasteiger partial charge in [0.1, 0.15) is 4.21 Å². The van der Waals surface area contributed by atoms with Crippen LogP contribution in [0.3, 0.4) is 0 Å². The maximum Gasteiger partial charge on any atom is 0.252 e. The molecule has 29 heavy (non-hydrogen) atoms. The third-order valence-electron chi connectivity index (χ3n) is 5.13. The van der Waals surface area contributed by atoms with Gasteiger partial charge in [0, 0.05) is 13.1 Å². The molecule has 3 heterocycles. The summed E-state index contributed by atoms with van der Waals surface area (Å²) in [6.07, 6.45) is 1.28. The first kappa shape index (κ1) is 20.7. The van der Waals surface area contributed by atoms with Crippen LogP contribution in [0.1, 0.15) is 24.0 Å². The number of aromatic nitrogens is 1. The van der Waals surface area contributed by atoms with E-state index in [0.29, 0.717) is 28.9 Å². The van der Waals surface area contributed by atoms with E-state index in [1.165, 1.54) is 27.3 Å². The minimum Gasteiger partial charge on any atom is -0.302 e. The Kier molecular flexibility index (Phi) is 5.69. The van der Waals surface area contributed by atoms with Crippen LogP contribution in [0.5, 0.6) is 0 Å². The first-order valence-corrected chi connectivity index (χ1v) is 12.6. The smallest absolute Gasteiger partial charge is 0.252 e. The second kappa shape index (κ2) is 7.96. The largest absolute Gasteiger partial charge is 0.302 e. The molecular weight excluding hydrogens is 450 g/mol. The molecule has 0 bridgehead atoms. The summed E-state index contributed by atoms with van der Waals surface area (Å²) in [5.74, 6) is -0.606. The average Bonchev–Trinajstić information content (AvgIpc) is 3.28. The number of hydrogen-bond acceptors (Lipinski definition) is 6. The fourth-order valence-corrected chi connectivity index (χ4v) is 7.49.